The molecule has 1 unspecified atom stereocenters. The first-order valence-electron chi connectivity index (χ1n) is 8.10. The number of rotatable bonds is 3. The van der Waals surface area contributed by atoms with Gasteiger partial charge in [0.05, 0.1) is 4.34 Å². The third-order valence-electron chi connectivity index (χ3n) is 4.95. The van der Waals surface area contributed by atoms with Gasteiger partial charge in [0.2, 0.25) is 0 Å². The summed E-state index contributed by atoms with van der Waals surface area (Å²) < 4.78 is 27.9. The zero-order valence-electron chi connectivity index (χ0n) is 13.2. The molecule has 1 atom stereocenters. The highest BCUT2D eigenvalue weighted by atomic mass is 35.5. The summed E-state index contributed by atoms with van der Waals surface area (Å²) in [4.78, 5) is 2.43. The second kappa shape index (κ2) is 6.42. The zero-order valence-corrected chi connectivity index (χ0v) is 15.6. The Labute approximate surface area is 151 Å². The van der Waals surface area contributed by atoms with Crippen LogP contribution in [0.1, 0.15) is 17.5 Å². The van der Waals surface area contributed by atoms with E-state index in [4.69, 9.17) is 11.6 Å². The average molecular weight is 383 g/mol. The van der Waals surface area contributed by atoms with Crippen LogP contribution in [0.25, 0.3) is 0 Å². The van der Waals surface area contributed by atoms with Crippen LogP contribution < -0.4 is 0 Å². The number of fused-ring (bicyclic) bond motifs is 1. The molecule has 4 nitrogen and oxygen atoms in total. The van der Waals surface area contributed by atoms with Gasteiger partial charge < -0.3 is 0 Å². The van der Waals surface area contributed by atoms with Crippen molar-refractivity contribution >= 4 is 33.0 Å². The number of thiophene rings is 1. The van der Waals surface area contributed by atoms with E-state index in [0.29, 0.717) is 27.7 Å². The predicted molar refractivity (Wildman–Crippen MR) is 97.0 cm³/mol. The number of hydrogen-bond donors (Lipinski definition) is 0. The van der Waals surface area contributed by atoms with Crippen LogP contribution in [-0.2, 0) is 23.0 Å². The summed E-state index contributed by atoms with van der Waals surface area (Å²) in [6.07, 6.45) is 1.93. The van der Waals surface area contributed by atoms with Gasteiger partial charge in [-0.3, -0.25) is 4.90 Å². The van der Waals surface area contributed by atoms with Gasteiger partial charge in [-0.1, -0.05) is 35.9 Å². The fourth-order valence-corrected chi connectivity index (χ4v) is 6.75. The fraction of sp³-hybridized carbons (Fsp3) is 0.412. The van der Waals surface area contributed by atoms with Crippen LogP contribution in [0.2, 0.25) is 4.34 Å². The van der Waals surface area contributed by atoms with Crippen molar-refractivity contribution in [3.05, 3.63) is 51.9 Å². The highest BCUT2D eigenvalue weighted by Crippen LogP contribution is 2.31. The molecule has 1 fully saturated rings. The maximum Gasteiger partial charge on any atom is 0.252 e. The quantitative estimate of drug-likeness (QED) is 0.818. The van der Waals surface area contributed by atoms with Crippen molar-refractivity contribution < 1.29 is 8.42 Å². The minimum Gasteiger partial charge on any atom is -0.294 e. The average Bonchev–Trinajstić information content (AvgIpc) is 3.24. The van der Waals surface area contributed by atoms with Crippen LogP contribution in [0.15, 0.2) is 40.6 Å². The lowest BCUT2D eigenvalue weighted by Gasteiger charge is -2.33. The monoisotopic (exact) mass is 382 g/mol. The molecule has 2 aliphatic rings. The van der Waals surface area contributed by atoms with Gasteiger partial charge in [0.25, 0.3) is 10.0 Å². The Morgan fingerprint density at radius 2 is 1.88 bits per heavy atom. The standard InChI is InChI=1S/C17H19ClN2O2S2/c18-16-5-6-17(23-16)24(21,22)20-10-8-15(12-20)19-9-7-13-3-1-2-4-14(13)11-19/h1-6,15H,7-12H2. The summed E-state index contributed by atoms with van der Waals surface area (Å²) in [6.45, 7) is 3.07. The molecule has 7 heteroatoms. The maximum atomic E-state index is 12.7. The molecular weight excluding hydrogens is 364 g/mol. The van der Waals surface area contributed by atoms with Crippen LogP contribution >= 0.6 is 22.9 Å². The maximum absolute atomic E-state index is 12.7. The molecule has 1 saturated heterocycles. The second-order valence-electron chi connectivity index (χ2n) is 6.35. The van der Waals surface area contributed by atoms with Crippen LogP contribution in [-0.4, -0.2) is 43.3 Å². The summed E-state index contributed by atoms with van der Waals surface area (Å²) in [5.74, 6) is 0. The van der Waals surface area contributed by atoms with Crippen LogP contribution in [0, 0.1) is 0 Å². The SMILES string of the molecule is O=S(=O)(c1ccc(Cl)s1)N1CCC(N2CCc3ccccc3C2)C1. The van der Waals surface area contributed by atoms with E-state index in [1.54, 1.807) is 16.4 Å². The minimum atomic E-state index is -3.41. The van der Waals surface area contributed by atoms with E-state index in [0.717, 1.165) is 37.3 Å². The molecule has 4 rings (SSSR count). The first-order chi connectivity index (χ1) is 11.5. The molecule has 1 aromatic heterocycles. The Kier molecular flexibility index (Phi) is 4.43. The van der Waals surface area contributed by atoms with Crippen molar-refractivity contribution in [2.75, 3.05) is 19.6 Å². The third kappa shape index (κ3) is 3.02. The first kappa shape index (κ1) is 16.5. The molecule has 0 amide bonds. The Morgan fingerprint density at radius 3 is 2.62 bits per heavy atom. The van der Waals surface area contributed by atoms with Crippen molar-refractivity contribution in [2.24, 2.45) is 0 Å². The normalized spacial score (nSPS) is 22.6. The molecule has 0 aliphatic carbocycles. The summed E-state index contributed by atoms with van der Waals surface area (Å²) in [7, 11) is -3.41. The van der Waals surface area contributed by atoms with Gasteiger partial charge in [-0.25, -0.2) is 8.42 Å². The van der Waals surface area contributed by atoms with Gasteiger partial charge in [-0.15, -0.1) is 11.3 Å². The van der Waals surface area contributed by atoms with Crippen molar-refractivity contribution in [1.82, 2.24) is 9.21 Å². The van der Waals surface area contributed by atoms with Crippen molar-refractivity contribution in [3.63, 3.8) is 0 Å². The fourth-order valence-electron chi connectivity index (χ4n) is 3.62. The van der Waals surface area contributed by atoms with Crippen LogP contribution in [0.4, 0.5) is 0 Å². The van der Waals surface area contributed by atoms with E-state index in [-0.39, 0.29) is 0 Å². The highest BCUT2D eigenvalue weighted by molar-refractivity contribution is 7.91. The molecule has 0 N–H and O–H groups in total. The lowest BCUT2D eigenvalue weighted by atomic mass is 9.98. The van der Waals surface area contributed by atoms with Gasteiger partial charge in [0.15, 0.2) is 0 Å². The second-order valence-corrected chi connectivity index (χ2v) is 10.2. The molecule has 24 heavy (non-hydrogen) atoms. The molecule has 1 aromatic carbocycles. The number of hydrogen-bond acceptors (Lipinski definition) is 4. The Morgan fingerprint density at radius 1 is 1.08 bits per heavy atom. The van der Waals surface area contributed by atoms with E-state index in [9.17, 15) is 8.42 Å². The van der Waals surface area contributed by atoms with Gasteiger partial charge in [0.1, 0.15) is 4.21 Å². The molecule has 2 aliphatic heterocycles. The van der Waals surface area contributed by atoms with Gasteiger partial charge >= 0.3 is 0 Å². The molecule has 3 heterocycles. The zero-order chi connectivity index (χ0) is 16.7. The molecule has 0 spiro atoms. The minimum absolute atomic E-state index is 0.295. The smallest absolute Gasteiger partial charge is 0.252 e. The number of benzene rings is 1. The lowest BCUT2D eigenvalue weighted by molar-refractivity contribution is 0.185. The molecule has 2 aromatic rings. The number of halogens is 1. The topological polar surface area (TPSA) is 40.6 Å². The summed E-state index contributed by atoms with van der Waals surface area (Å²) >= 11 is 7.03. The largest absolute Gasteiger partial charge is 0.294 e. The van der Waals surface area contributed by atoms with Crippen molar-refractivity contribution in [3.8, 4) is 0 Å². The molecule has 0 bridgehead atoms. The number of sulfonamides is 1. The Hall–Kier alpha value is -0.920. The van der Waals surface area contributed by atoms with E-state index in [1.807, 2.05) is 0 Å². The summed E-state index contributed by atoms with van der Waals surface area (Å²) in [5, 5.41) is 0. The molecule has 0 radical (unpaired) electrons. The van der Waals surface area contributed by atoms with Gasteiger partial charge in [-0.2, -0.15) is 4.31 Å². The molecular formula is C17H19ClN2O2S2. The van der Waals surface area contributed by atoms with Crippen LogP contribution in [0.3, 0.4) is 0 Å². The van der Waals surface area contributed by atoms with Crippen molar-refractivity contribution in [2.45, 2.75) is 29.6 Å². The third-order valence-corrected chi connectivity index (χ3v) is 8.51. The number of nitrogens with zero attached hydrogens (tertiary/aromatic N) is 2. The van der Waals surface area contributed by atoms with Gasteiger partial charge in [-0.05, 0) is 36.1 Å². The Balaban J connectivity index is 1.47. The molecule has 128 valence electrons. The lowest BCUT2D eigenvalue weighted by Crippen LogP contribution is -2.41. The first-order valence-corrected chi connectivity index (χ1v) is 10.7. The Bertz CT molecular complexity index is 850. The highest BCUT2D eigenvalue weighted by Gasteiger charge is 2.36. The van der Waals surface area contributed by atoms with E-state index in [1.165, 1.54) is 11.1 Å². The van der Waals surface area contributed by atoms with E-state index < -0.39 is 10.0 Å². The van der Waals surface area contributed by atoms with E-state index in [2.05, 4.69) is 29.2 Å². The van der Waals surface area contributed by atoms with Crippen LogP contribution in [0.5, 0.6) is 0 Å². The van der Waals surface area contributed by atoms with Gasteiger partial charge in [0, 0.05) is 32.2 Å². The summed E-state index contributed by atoms with van der Waals surface area (Å²) in [6, 6.07) is 12.1. The molecule has 0 saturated carbocycles. The van der Waals surface area contributed by atoms with Crippen molar-refractivity contribution in [1.29, 1.82) is 0 Å². The summed E-state index contributed by atoms with van der Waals surface area (Å²) in [5.41, 5.74) is 2.79. The van der Waals surface area contributed by atoms with E-state index >= 15 is 0 Å². The predicted octanol–water partition coefficient (Wildman–Crippen LogP) is 3.22.